The number of anilines is 1. The maximum atomic E-state index is 5.78. The second-order valence-electron chi connectivity index (χ2n) is 3.47. The molecule has 0 saturated carbocycles. The van der Waals surface area contributed by atoms with Gasteiger partial charge < -0.3 is 11.1 Å². The fourth-order valence-electron chi connectivity index (χ4n) is 1.06. The molecule has 0 fully saturated rings. The van der Waals surface area contributed by atoms with Crippen molar-refractivity contribution < 1.29 is 0 Å². The van der Waals surface area contributed by atoms with Gasteiger partial charge in [0.05, 0.1) is 0 Å². The number of nitrogens with two attached hydrogens (primary N) is 1. The van der Waals surface area contributed by atoms with Crippen LogP contribution in [-0.4, -0.2) is 22.6 Å². The van der Waals surface area contributed by atoms with Crippen LogP contribution in [0.2, 0.25) is 0 Å². The Bertz CT molecular complexity index is 257. The normalized spacial score (nSPS) is 12.5. The van der Waals surface area contributed by atoms with Gasteiger partial charge in [-0.1, -0.05) is 6.92 Å². The molecule has 78 valence electrons. The van der Waals surface area contributed by atoms with Gasteiger partial charge in [-0.25, -0.2) is 9.97 Å². The number of aromatic nitrogens is 2. The van der Waals surface area contributed by atoms with E-state index in [1.165, 1.54) is 0 Å². The van der Waals surface area contributed by atoms with Crippen LogP contribution in [0.4, 0.5) is 5.95 Å². The largest absolute Gasteiger partial charge is 0.354 e. The van der Waals surface area contributed by atoms with Crippen molar-refractivity contribution in [3.8, 4) is 0 Å². The Balaban J connectivity index is 2.28. The fraction of sp³-hybridized carbons (Fsp3) is 0.600. The van der Waals surface area contributed by atoms with Gasteiger partial charge in [0, 0.05) is 25.0 Å². The summed E-state index contributed by atoms with van der Waals surface area (Å²) in [5, 5.41) is 3.13. The summed E-state index contributed by atoms with van der Waals surface area (Å²) in [5.41, 5.74) is 6.85. The molecule has 0 radical (unpaired) electrons. The summed E-state index contributed by atoms with van der Waals surface area (Å²) < 4.78 is 0. The predicted octanol–water partition coefficient (Wildman–Crippen LogP) is 1.32. The SMILES string of the molecule is CCC(N)CCNc1ncc(C)cn1. The van der Waals surface area contributed by atoms with Crippen molar-refractivity contribution in [1.82, 2.24) is 9.97 Å². The first kappa shape index (κ1) is 10.9. The minimum Gasteiger partial charge on any atom is -0.354 e. The Morgan fingerprint density at radius 2 is 2.07 bits per heavy atom. The molecule has 0 aromatic carbocycles. The minimum absolute atomic E-state index is 0.271. The predicted molar refractivity (Wildman–Crippen MR) is 58.1 cm³/mol. The van der Waals surface area contributed by atoms with Crippen molar-refractivity contribution in [3.05, 3.63) is 18.0 Å². The summed E-state index contributed by atoms with van der Waals surface area (Å²) in [4.78, 5) is 8.28. The van der Waals surface area contributed by atoms with Crippen molar-refractivity contribution in [2.24, 2.45) is 5.73 Å². The summed E-state index contributed by atoms with van der Waals surface area (Å²) in [6, 6.07) is 0.271. The van der Waals surface area contributed by atoms with Gasteiger partial charge in [-0.3, -0.25) is 0 Å². The van der Waals surface area contributed by atoms with Gasteiger partial charge in [-0.2, -0.15) is 0 Å². The number of aryl methyl sites for hydroxylation is 1. The summed E-state index contributed by atoms with van der Waals surface area (Å²) >= 11 is 0. The third-order valence-corrected chi connectivity index (χ3v) is 2.10. The molecular weight excluding hydrogens is 176 g/mol. The first-order valence-electron chi connectivity index (χ1n) is 5.00. The van der Waals surface area contributed by atoms with Gasteiger partial charge in [0.15, 0.2) is 0 Å². The lowest BCUT2D eigenvalue weighted by molar-refractivity contribution is 0.612. The summed E-state index contributed by atoms with van der Waals surface area (Å²) in [7, 11) is 0. The monoisotopic (exact) mass is 194 g/mol. The Kier molecular flexibility index (Phi) is 4.32. The highest BCUT2D eigenvalue weighted by Crippen LogP contribution is 1.99. The van der Waals surface area contributed by atoms with Crippen molar-refractivity contribution >= 4 is 5.95 Å². The van der Waals surface area contributed by atoms with Crippen LogP contribution < -0.4 is 11.1 Å². The van der Waals surface area contributed by atoms with E-state index in [1.807, 2.05) is 6.92 Å². The first-order chi connectivity index (χ1) is 6.72. The molecule has 0 aliphatic rings. The maximum absolute atomic E-state index is 5.78. The van der Waals surface area contributed by atoms with Crippen molar-refractivity contribution in [1.29, 1.82) is 0 Å². The molecule has 1 unspecified atom stereocenters. The molecule has 0 aliphatic carbocycles. The highest BCUT2D eigenvalue weighted by Gasteiger charge is 1.99. The van der Waals surface area contributed by atoms with Gasteiger partial charge in [-0.05, 0) is 25.3 Å². The van der Waals surface area contributed by atoms with Crippen molar-refractivity contribution in [3.63, 3.8) is 0 Å². The number of hydrogen-bond donors (Lipinski definition) is 2. The molecule has 1 atom stereocenters. The smallest absolute Gasteiger partial charge is 0.222 e. The quantitative estimate of drug-likeness (QED) is 0.742. The molecule has 14 heavy (non-hydrogen) atoms. The molecule has 0 amide bonds. The Labute approximate surface area is 85.0 Å². The Hall–Kier alpha value is -1.16. The van der Waals surface area contributed by atoms with Gasteiger partial charge in [-0.15, -0.1) is 0 Å². The van der Waals surface area contributed by atoms with E-state index in [9.17, 15) is 0 Å². The summed E-state index contributed by atoms with van der Waals surface area (Å²) in [6.45, 7) is 4.89. The van der Waals surface area contributed by atoms with Crippen molar-refractivity contribution in [2.45, 2.75) is 32.7 Å². The molecule has 4 heteroatoms. The zero-order chi connectivity index (χ0) is 10.4. The number of hydrogen-bond acceptors (Lipinski definition) is 4. The maximum Gasteiger partial charge on any atom is 0.222 e. The third-order valence-electron chi connectivity index (χ3n) is 2.10. The number of rotatable bonds is 5. The minimum atomic E-state index is 0.271. The standard InChI is InChI=1S/C10H18N4/c1-3-9(11)4-5-12-10-13-6-8(2)7-14-10/h6-7,9H,3-5,11H2,1-2H3,(H,12,13,14). The van der Waals surface area contributed by atoms with Crippen LogP contribution >= 0.6 is 0 Å². The van der Waals surface area contributed by atoms with E-state index in [0.29, 0.717) is 5.95 Å². The zero-order valence-corrected chi connectivity index (χ0v) is 8.83. The topological polar surface area (TPSA) is 63.8 Å². The molecule has 3 N–H and O–H groups in total. The summed E-state index contributed by atoms with van der Waals surface area (Å²) in [6.07, 6.45) is 5.56. The molecule has 1 rings (SSSR count). The molecule has 0 spiro atoms. The highest BCUT2D eigenvalue weighted by molar-refractivity contribution is 5.23. The van der Waals surface area contributed by atoms with E-state index < -0.39 is 0 Å². The Morgan fingerprint density at radius 1 is 1.43 bits per heavy atom. The first-order valence-corrected chi connectivity index (χ1v) is 5.00. The lowest BCUT2D eigenvalue weighted by Gasteiger charge is -2.09. The number of nitrogens with one attached hydrogen (secondary N) is 1. The highest BCUT2D eigenvalue weighted by atomic mass is 15.1. The second kappa shape index (κ2) is 5.54. The molecule has 1 aromatic heterocycles. The van der Waals surface area contributed by atoms with Crippen LogP contribution in [0.1, 0.15) is 25.3 Å². The van der Waals surface area contributed by atoms with E-state index in [0.717, 1.165) is 24.9 Å². The van der Waals surface area contributed by atoms with Crippen molar-refractivity contribution in [2.75, 3.05) is 11.9 Å². The fourth-order valence-corrected chi connectivity index (χ4v) is 1.06. The lowest BCUT2D eigenvalue weighted by atomic mass is 10.2. The van der Waals surface area contributed by atoms with Gasteiger partial charge in [0.25, 0.3) is 0 Å². The van der Waals surface area contributed by atoms with Crippen LogP contribution in [0.5, 0.6) is 0 Å². The van der Waals surface area contributed by atoms with Crippen LogP contribution in [0, 0.1) is 6.92 Å². The van der Waals surface area contributed by atoms with Gasteiger partial charge >= 0.3 is 0 Å². The van der Waals surface area contributed by atoms with E-state index in [-0.39, 0.29) is 6.04 Å². The average Bonchev–Trinajstić information content (AvgIpc) is 2.21. The Morgan fingerprint density at radius 3 is 2.64 bits per heavy atom. The average molecular weight is 194 g/mol. The van der Waals surface area contributed by atoms with E-state index in [2.05, 4.69) is 22.2 Å². The van der Waals surface area contributed by atoms with Crippen LogP contribution in [-0.2, 0) is 0 Å². The molecule has 1 heterocycles. The van der Waals surface area contributed by atoms with E-state index >= 15 is 0 Å². The zero-order valence-electron chi connectivity index (χ0n) is 8.83. The van der Waals surface area contributed by atoms with Gasteiger partial charge in [0.1, 0.15) is 0 Å². The lowest BCUT2D eigenvalue weighted by Crippen LogP contribution is -2.22. The van der Waals surface area contributed by atoms with E-state index in [4.69, 9.17) is 5.73 Å². The molecule has 0 aliphatic heterocycles. The van der Waals surface area contributed by atoms with Crippen LogP contribution in [0.15, 0.2) is 12.4 Å². The number of nitrogens with zero attached hydrogens (tertiary/aromatic N) is 2. The molecule has 1 aromatic rings. The van der Waals surface area contributed by atoms with Gasteiger partial charge in [0.2, 0.25) is 5.95 Å². The third kappa shape index (κ3) is 3.70. The molecular formula is C10H18N4. The van der Waals surface area contributed by atoms with Crippen LogP contribution in [0.3, 0.4) is 0 Å². The molecule has 4 nitrogen and oxygen atoms in total. The van der Waals surface area contributed by atoms with Crippen LogP contribution in [0.25, 0.3) is 0 Å². The second-order valence-corrected chi connectivity index (χ2v) is 3.47. The van der Waals surface area contributed by atoms with E-state index in [1.54, 1.807) is 12.4 Å². The molecule has 0 bridgehead atoms. The molecule has 0 saturated heterocycles. The summed E-state index contributed by atoms with van der Waals surface area (Å²) in [5.74, 6) is 0.680.